The van der Waals surface area contributed by atoms with E-state index in [0.29, 0.717) is 11.1 Å². The number of phenolic OH excluding ortho intramolecular Hbond substituents is 2. The number of aliphatic hydroxyl groups excluding tert-OH is 5. The molecular weight excluding hydrogens is 881 g/mol. The zero-order valence-corrected chi connectivity index (χ0v) is 36.6. The number of carbonyl (C=O) groups is 4. The third kappa shape index (κ3) is 7.63. The number of aromatic hydroxyl groups is 2. The molecule has 20 nitrogen and oxygen atoms in total. The largest absolute Gasteiger partial charge is 0.507 e. The lowest BCUT2D eigenvalue weighted by atomic mass is 9.74. The smallest absolute Gasteiger partial charge is 0.410 e. The van der Waals surface area contributed by atoms with Gasteiger partial charge in [0.15, 0.2) is 30.4 Å². The predicted octanol–water partition coefficient (Wildman–Crippen LogP) is 2.00. The second kappa shape index (κ2) is 17.5. The van der Waals surface area contributed by atoms with Crippen molar-refractivity contribution in [3.8, 4) is 34.1 Å². The van der Waals surface area contributed by atoms with Crippen molar-refractivity contribution in [2.75, 3.05) is 20.8 Å². The molecule has 354 valence electrons. The van der Waals surface area contributed by atoms with Gasteiger partial charge in [0.2, 0.25) is 0 Å². The van der Waals surface area contributed by atoms with E-state index in [9.17, 15) is 54.9 Å². The molecule has 4 aromatic carbocycles. The van der Waals surface area contributed by atoms with Crippen molar-refractivity contribution in [3.63, 3.8) is 0 Å². The van der Waals surface area contributed by atoms with Crippen molar-refractivity contribution in [3.05, 3.63) is 105 Å². The van der Waals surface area contributed by atoms with Crippen LogP contribution in [0.3, 0.4) is 0 Å². The van der Waals surface area contributed by atoms with E-state index < -0.39 is 121 Å². The third-order valence-corrected chi connectivity index (χ3v) is 12.9. The summed E-state index contributed by atoms with van der Waals surface area (Å²) in [5.41, 5.74) is -0.618. The number of carbonyl (C=O) groups excluding carboxylic acids is 4. The van der Waals surface area contributed by atoms with Gasteiger partial charge < -0.3 is 79.1 Å². The minimum Gasteiger partial charge on any atom is -0.507 e. The molecule has 9 rings (SSSR count). The summed E-state index contributed by atoms with van der Waals surface area (Å²) < 4.78 is 41.6. The lowest BCUT2D eigenvalue weighted by Gasteiger charge is -2.49. The van der Waals surface area contributed by atoms with Gasteiger partial charge in [-0.25, -0.2) is 4.79 Å². The number of ether oxygens (including phenoxy) is 7. The van der Waals surface area contributed by atoms with E-state index in [1.807, 2.05) is 0 Å². The van der Waals surface area contributed by atoms with Crippen LogP contribution in [0.15, 0.2) is 54.6 Å². The third-order valence-electron chi connectivity index (χ3n) is 12.9. The monoisotopic (exact) mass is 928 g/mol. The van der Waals surface area contributed by atoms with Crippen LogP contribution in [-0.4, -0.2) is 146 Å². The van der Waals surface area contributed by atoms with Gasteiger partial charge in [0, 0.05) is 35.4 Å². The van der Waals surface area contributed by atoms with Gasteiger partial charge in [0.25, 0.3) is 5.91 Å². The van der Waals surface area contributed by atoms with E-state index in [2.05, 4.69) is 5.32 Å². The average molecular weight is 929 g/mol. The summed E-state index contributed by atoms with van der Waals surface area (Å²) >= 11 is 0. The number of ketones is 2. The summed E-state index contributed by atoms with van der Waals surface area (Å²) in [6.45, 7) is 4.10. The van der Waals surface area contributed by atoms with E-state index in [0.717, 1.165) is 11.0 Å². The first-order chi connectivity index (χ1) is 31.9. The zero-order valence-electron chi connectivity index (χ0n) is 36.6. The molecule has 0 bridgehead atoms. The number of rotatable bonds is 8. The summed E-state index contributed by atoms with van der Waals surface area (Å²) in [7, 11) is 2.67. The fraction of sp³-hybridized carbons (Fsp3) is 0.404. The average Bonchev–Trinajstić information content (AvgIpc) is 3.29. The molecule has 2 fully saturated rings. The van der Waals surface area contributed by atoms with Crippen LogP contribution >= 0.6 is 0 Å². The van der Waals surface area contributed by atoms with E-state index in [4.69, 9.17) is 33.2 Å². The Morgan fingerprint density at radius 3 is 2.24 bits per heavy atom. The van der Waals surface area contributed by atoms with Gasteiger partial charge in [-0.2, -0.15) is 0 Å². The molecule has 0 radical (unpaired) electrons. The van der Waals surface area contributed by atoms with Crippen molar-refractivity contribution >= 4 is 23.6 Å². The van der Waals surface area contributed by atoms with Crippen LogP contribution in [0.4, 0.5) is 4.79 Å². The Kier molecular flexibility index (Phi) is 12.0. The van der Waals surface area contributed by atoms with Gasteiger partial charge in [0.1, 0.15) is 72.3 Å². The molecular formula is C47H48N2O18. The highest BCUT2D eigenvalue weighted by Crippen LogP contribution is 2.57. The molecule has 2 saturated heterocycles. The first-order valence-corrected chi connectivity index (χ1v) is 21.4. The number of methoxy groups -OCH3 is 1. The molecule has 5 aliphatic rings. The Hall–Kier alpha value is -6.20. The summed E-state index contributed by atoms with van der Waals surface area (Å²) in [5, 5.41) is 82.2. The second-order valence-corrected chi connectivity index (χ2v) is 17.1. The summed E-state index contributed by atoms with van der Waals surface area (Å²) in [6, 6.07) is 12.7. The second-order valence-electron chi connectivity index (χ2n) is 17.1. The van der Waals surface area contributed by atoms with Gasteiger partial charge in [0.05, 0.1) is 42.6 Å². The molecule has 0 aromatic heterocycles. The molecule has 0 saturated carbocycles. The number of nitrogens with zero attached hydrogens (tertiary/aromatic N) is 1. The van der Waals surface area contributed by atoms with Gasteiger partial charge in [-0.3, -0.25) is 14.4 Å². The molecule has 4 aromatic rings. The molecule has 12 atom stereocenters. The van der Waals surface area contributed by atoms with Gasteiger partial charge in [-0.1, -0.05) is 36.4 Å². The van der Waals surface area contributed by atoms with Crippen LogP contribution in [0.1, 0.15) is 90.5 Å². The molecule has 3 heterocycles. The number of aryl methyl sites for hydroxylation is 1. The fourth-order valence-electron chi connectivity index (χ4n) is 9.59. The number of nitrogens with one attached hydrogen (secondary N) is 1. The van der Waals surface area contributed by atoms with Crippen LogP contribution < -0.4 is 14.8 Å². The number of phenols is 2. The Labute approximate surface area is 381 Å². The quantitative estimate of drug-likeness (QED) is 0.110. The highest BCUT2D eigenvalue weighted by atomic mass is 16.7. The number of hydrogen-bond donors (Lipinski definition) is 8. The first kappa shape index (κ1) is 45.9. The van der Waals surface area contributed by atoms with Gasteiger partial charge in [-0.15, -0.1) is 0 Å². The van der Waals surface area contributed by atoms with Crippen molar-refractivity contribution in [1.82, 2.24) is 10.2 Å². The molecule has 3 aliphatic heterocycles. The molecule has 0 spiro atoms. The van der Waals surface area contributed by atoms with E-state index >= 15 is 0 Å². The van der Waals surface area contributed by atoms with Crippen LogP contribution in [-0.2, 0) is 30.3 Å². The highest BCUT2D eigenvalue weighted by Gasteiger charge is 2.53. The zero-order chi connectivity index (χ0) is 47.9. The number of aliphatic hydroxyl groups is 5. The molecule has 67 heavy (non-hydrogen) atoms. The Bertz CT molecular complexity index is 2680. The van der Waals surface area contributed by atoms with Crippen molar-refractivity contribution in [2.24, 2.45) is 0 Å². The van der Waals surface area contributed by atoms with Gasteiger partial charge >= 0.3 is 6.09 Å². The maximum atomic E-state index is 14.3. The van der Waals surface area contributed by atoms with Crippen molar-refractivity contribution in [1.29, 1.82) is 0 Å². The van der Waals surface area contributed by atoms with Crippen LogP contribution in [0, 0.1) is 6.92 Å². The molecule has 8 N–H and O–H groups in total. The summed E-state index contributed by atoms with van der Waals surface area (Å²) in [5.74, 6) is -3.57. The number of fused-ring (bicyclic) bond motifs is 7. The predicted molar refractivity (Wildman–Crippen MR) is 227 cm³/mol. The molecule has 20 heteroatoms. The van der Waals surface area contributed by atoms with Crippen LogP contribution in [0.2, 0.25) is 0 Å². The minimum absolute atomic E-state index is 0.00336. The summed E-state index contributed by atoms with van der Waals surface area (Å²) in [4.78, 5) is 56.8. The van der Waals surface area contributed by atoms with Crippen LogP contribution in [0.25, 0.3) is 11.1 Å². The Morgan fingerprint density at radius 1 is 0.821 bits per heavy atom. The maximum Gasteiger partial charge on any atom is 0.410 e. The Morgan fingerprint density at radius 2 is 1.52 bits per heavy atom. The standard InChI is InChI=1S/C47H48N2O18/c1-17-11-25-31(42-28(17)44(59)48-19(3)65-42)30-23(14-24-32(38(30)56)35(53)22-12-21(61-5)13-26(50)29(22)34(24)52)36(54)41(25)66-46-40(58)43(67-45-39(57)37(55)27(51)16-62-45)33(18(2)64-46)49(4)47(60)63-15-20-9-7-6-8-10-20/h6-14,18-19,27,33,36-37,39-41,43,45-46,50-51,54-58H,15-16H2,1-5H3,(H,48,59)/t18-,19?,27-,33+,36+,37+,39-,40-,41+,43+,45+,46+/m1/s1. The SMILES string of the molecule is COc1cc(O)c2c(c1)C(=O)c1c(cc3c(c1O)-c1c(cc(C)c4c1OC(C)NC4=O)[C@H](O[C@@H]1O[C@H](C)[C@H](N(C)C(=O)OCc4ccccc4)[C@H](O[C@@H]4OC[C@@H](O)[C@H](O)[C@H]4O)[C@H]1O)[C@H]3O)C2=O. The molecule has 1 unspecified atom stereocenters. The fourth-order valence-corrected chi connectivity index (χ4v) is 9.59. The summed E-state index contributed by atoms with van der Waals surface area (Å²) in [6.07, 6.45) is -18.2. The molecule has 2 amide bonds. The highest BCUT2D eigenvalue weighted by molar-refractivity contribution is 6.31. The van der Waals surface area contributed by atoms with E-state index in [1.165, 1.54) is 39.3 Å². The lowest BCUT2D eigenvalue weighted by Crippen LogP contribution is -2.66. The molecule has 2 aliphatic carbocycles. The number of hydrogen-bond acceptors (Lipinski definition) is 18. The normalized spacial score (nSPS) is 29.6. The minimum atomic E-state index is -1.91. The lowest BCUT2D eigenvalue weighted by molar-refractivity contribution is -0.344. The van der Waals surface area contributed by atoms with E-state index in [-0.39, 0.29) is 62.6 Å². The van der Waals surface area contributed by atoms with Crippen molar-refractivity contribution < 1.29 is 88.1 Å². The number of amides is 2. The Balaban J connectivity index is 1.13. The first-order valence-electron chi connectivity index (χ1n) is 21.4. The van der Waals surface area contributed by atoms with Crippen LogP contribution in [0.5, 0.6) is 23.0 Å². The topological polar surface area (TPSA) is 290 Å². The van der Waals surface area contributed by atoms with E-state index in [1.54, 1.807) is 44.2 Å². The number of likely N-dealkylation sites (N-methyl/N-ethyl adjacent to an activating group) is 1. The number of benzene rings is 4. The maximum absolute atomic E-state index is 14.3. The van der Waals surface area contributed by atoms with Crippen molar-refractivity contribution in [2.45, 2.75) is 101 Å². The van der Waals surface area contributed by atoms with Gasteiger partial charge in [-0.05, 0) is 55.2 Å².